The van der Waals surface area contributed by atoms with Crippen LogP contribution in [0.25, 0.3) is 22.0 Å². The van der Waals surface area contributed by atoms with Gasteiger partial charge in [0.1, 0.15) is 11.9 Å². The first-order valence-corrected chi connectivity index (χ1v) is 19.8. The van der Waals surface area contributed by atoms with Gasteiger partial charge in [-0.25, -0.2) is 4.79 Å². The van der Waals surface area contributed by atoms with Gasteiger partial charge in [0.2, 0.25) is 5.56 Å². The van der Waals surface area contributed by atoms with Crippen molar-refractivity contribution in [3.8, 4) is 16.9 Å². The molecule has 1 unspecified atom stereocenters. The van der Waals surface area contributed by atoms with Gasteiger partial charge in [0.05, 0.1) is 17.3 Å². The van der Waals surface area contributed by atoms with E-state index in [9.17, 15) is 19.8 Å². The number of aromatic hydroxyl groups is 1. The number of rotatable bonds is 14. The van der Waals surface area contributed by atoms with Crippen molar-refractivity contribution in [1.82, 2.24) is 15.2 Å². The fourth-order valence-corrected chi connectivity index (χ4v) is 8.10. The molecule has 1 saturated carbocycles. The summed E-state index contributed by atoms with van der Waals surface area (Å²) in [6.45, 7) is 4.11. The van der Waals surface area contributed by atoms with E-state index in [-0.39, 0.29) is 23.5 Å². The molecule has 2 heterocycles. The number of aromatic nitrogens is 1. The Bertz CT molecular complexity index is 2050. The first-order chi connectivity index (χ1) is 26.9. The fourth-order valence-electron chi connectivity index (χ4n) is 8.10. The third kappa shape index (κ3) is 10.3. The minimum atomic E-state index is -0.773. The molecule has 10 nitrogen and oxygen atoms in total. The number of carbonyl (C=O) groups excluding carboxylic acids is 1. The van der Waals surface area contributed by atoms with E-state index in [0.29, 0.717) is 35.6 Å². The molecule has 1 saturated heterocycles. The Labute approximate surface area is 322 Å². The number of anilines is 2. The number of H-pyrrole nitrogens is 1. The van der Waals surface area contributed by atoms with Gasteiger partial charge in [0, 0.05) is 48.4 Å². The number of phenolic OH excluding ortho intramolecular Hbond substituents is 1. The number of carbonyl (C=O) groups is 1. The lowest BCUT2D eigenvalue weighted by Crippen LogP contribution is -2.39. The van der Waals surface area contributed by atoms with E-state index < -0.39 is 6.10 Å². The van der Waals surface area contributed by atoms with Gasteiger partial charge in [-0.15, -0.1) is 0 Å². The van der Waals surface area contributed by atoms with E-state index in [0.717, 1.165) is 67.3 Å². The molecule has 1 atom stereocenters. The van der Waals surface area contributed by atoms with E-state index in [1.54, 1.807) is 12.1 Å². The zero-order valence-electron chi connectivity index (χ0n) is 31.4. The van der Waals surface area contributed by atoms with Crippen LogP contribution in [0.4, 0.5) is 16.2 Å². The molecule has 1 aromatic heterocycles. The Morgan fingerprint density at radius 1 is 0.855 bits per heavy atom. The number of pyridine rings is 1. The van der Waals surface area contributed by atoms with Crippen LogP contribution in [0, 0.1) is 5.92 Å². The summed E-state index contributed by atoms with van der Waals surface area (Å²) in [5, 5.41) is 31.6. The molecule has 7 rings (SSSR count). The average molecular weight is 744 g/mol. The van der Waals surface area contributed by atoms with Crippen LogP contribution in [0.15, 0.2) is 108 Å². The molecular weight excluding hydrogens is 691 g/mol. The first kappa shape index (κ1) is 38.1. The second-order valence-electron chi connectivity index (χ2n) is 15.1. The lowest BCUT2D eigenvalue weighted by molar-refractivity contribution is 0.0566. The summed E-state index contributed by atoms with van der Waals surface area (Å²) < 4.78 is 5.85. The molecule has 0 radical (unpaired) electrons. The first-order valence-electron chi connectivity index (χ1n) is 19.8. The Kier molecular flexibility index (Phi) is 12.8. The number of piperidine rings is 1. The normalized spacial score (nSPS) is 18.5. The van der Waals surface area contributed by atoms with Crippen molar-refractivity contribution in [3.05, 3.63) is 125 Å². The monoisotopic (exact) mass is 743 g/mol. The summed E-state index contributed by atoms with van der Waals surface area (Å²) in [6.07, 6.45) is 7.45. The second-order valence-corrected chi connectivity index (χ2v) is 15.1. The summed E-state index contributed by atoms with van der Waals surface area (Å²) in [6, 6.07) is 33.3. The summed E-state index contributed by atoms with van der Waals surface area (Å²) >= 11 is 0. The SMILES string of the molecule is O=C(Nc1ccccc1-c1ccccc1)OC1CCN(CCC2CCC(Nc3ccc(CCNCC(O)c4ccc(O)c5[nH]c(=O)ccc45)cc3)CC2)CC1. The number of nitrogens with one attached hydrogen (secondary N) is 4. The molecule has 1 aliphatic heterocycles. The van der Waals surface area contributed by atoms with Crippen molar-refractivity contribution in [2.45, 2.75) is 69.6 Å². The number of amides is 1. The molecular formula is C45H53N5O5. The zero-order chi connectivity index (χ0) is 38.0. The molecule has 4 aromatic carbocycles. The summed E-state index contributed by atoms with van der Waals surface area (Å²) in [4.78, 5) is 29.7. The van der Waals surface area contributed by atoms with Crippen LogP contribution in [0.1, 0.15) is 62.2 Å². The van der Waals surface area contributed by atoms with Gasteiger partial charge in [0.15, 0.2) is 0 Å². The van der Waals surface area contributed by atoms with Crippen molar-refractivity contribution >= 4 is 28.4 Å². The molecule has 2 aliphatic rings. The lowest BCUT2D eigenvalue weighted by atomic mass is 9.84. The van der Waals surface area contributed by atoms with Gasteiger partial charge in [-0.05, 0) is 117 Å². The Morgan fingerprint density at radius 2 is 1.60 bits per heavy atom. The number of ether oxygens (including phenoxy) is 1. The van der Waals surface area contributed by atoms with E-state index >= 15 is 0 Å². The van der Waals surface area contributed by atoms with Crippen molar-refractivity contribution in [2.24, 2.45) is 5.92 Å². The van der Waals surface area contributed by atoms with E-state index in [2.05, 4.69) is 50.1 Å². The van der Waals surface area contributed by atoms with Crippen LogP contribution >= 0.6 is 0 Å². The van der Waals surface area contributed by atoms with Crippen molar-refractivity contribution < 1.29 is 19.7 Å². The highest BCUT2D eigenvalue weighted by atomic mass is 16.6. The standard InChI is InChI=1S/C45H53N5O5/c51-41-20-18-38(39-19-21-43(53)49-44(39)41)42(52)30-46-26-22-31-10-14-34(15-11-31)47-35-16-12-32(13-17-35)23-27-50-28-24-36(25-29-50)55-45(54)48-40-9-5-4-8-37(40)33-6-2-1-3-7-33/h1-11,14-15,18-21,32,35-36,42,46-47,51-52H,12-13,16-17,22-30H2,(H,48,54)(H,49,53). The predicted octanol–water partition coefficient (Wildman–Crippen LogP) is 7.84. The van der Waals surface area contributed by atoms with Gasteiger partial charge in [-0.1, -0.05) is 66.7 Å². The van der Waals surface area contributed by atoms with Gasteiger partial charge < -0.3 is 35.5 Å². The van der Waals surface area contributed by atoms with E-state index in [1.807, 2.05) is 54.6 Å². The zero-order valence-corrected chi connectivity index (χ0v) is 31.4. The summed E-state index contributed by atoms with van der Waals surface area (Å²) in [5.74, 6) is 0.743. The third-order valence-corrected chi connectivity index (χ3v) is 11.3. The van der Waals surface area contributed by atoms with Crippen LogP contribution in [0.5, 0.6) is 5.75 Å². The molecule has 2 fully saturated rings. The molecule has 288 valence electrons. The lowest BCUT2D eigenvalue weighted by Gasteiger charge is -2.34. The van der Waals surface area contributed by atoms with Crippen molar-refractivity contribution in [3.63, 3.8) is 0 Å². The van der Waals surface area contributed by atoms with Crippen LogP contribution < -0.4 is 21.5 Å². The molecule has 0 spiro atoms. The number of hydrogen-bond acceptors (Lipinski definition) is 8. The number of para-hydroxylation sites is 1. The molecule has 6 N–H and O–H groups in total. The summed E-state index contributed by atoms with van der Waals surface area (Å²) in [7, 11) is 0. The number of hydrogen-bond donors (Lipinski definition) is 6. The maximum Gasteiger partial charge on any atom is 0.411 e. The molecule has 55 heavy (non-hydrogen) atoms. The van der Waals surface area contributed by atoms with Gasteiger partial charge in [-0.2, -0.15) is 0 Å². The molecule has 1 amide bonds. The Morgan fingerprint density at radius 3 is 2.38 bits per heavy atom. The van der Waals surface area contributed by atoms with E-state index in [1.165, 1.54) is 49.8 Å². The van der Waals surface area contributed by atoms with Gasteiger partial charge in [0.25, 0.3) is 0 Å². The fraction of sp³-hybridized carbons (Fsp3) is 0.378. The number of benzene rings is 4. The quantitative estimate of drug-likeness (QED) is 0.0633. The highest BCUT2D eigenvalue weighted by Gasteiger charge is 2.25. The molecule has 10 heteroatoms. The van der Waals surface area contributed by atoms with E-state index in [4.69, 9.17) is 4.74 Å². The number of nitrogens with zero attached hydrogens (tertiary/aromatic N) is 1. The van der Waals surface area contributed by atoms with Crippen molar-refractivity contribution in [2.75, 3.05) is 43.4 Å². The Hall–Kier alpha value is -5.16. The number of likely N-dealkylation sites (tertiary alicyclic amines) is 1. The highest BCUT2D eigenvalue weighted by Crippen LogP contribution is 2.31. The van der Waals surface area contributed by atoms with Gasteiger partial charge >= 0.3 is 6.09 Å². The minimum Gasteiger partial charge on any atom is -0.506 e. The van der Waals surface area contributed by atoms with Crippen LogP contribution in [0.3, 0.4) is 0 Å². The van der Waals surface area contributed by atoms with Crippen LogP contribution in [-0.4, -0.2) is 71.1 Å². The number of aliphatic hydroxyl groups excluding tert-OH is 1. The largest absolute Gasteiger partial charge is 0.506 e. The predicted molar refractivity (Wildman–Crippen MR) is 220 cm³/mol. The number of fused-ring (bicyclic) bond motifs is 1. The third-order valence-electron chi connectivity index (χ3n) is 11.3. The maximum atomic E-state index is 12.8. The highest BCUT2D eigenvalue weighted by molar-refractivity contribution is 5.91. The average Bonchev–Trinajstić information content (AvgIpc) is 3.21. The maximum absolute atomic E-state index is 12.8. The molecule has 1 aliphatic carbocycles. The molecule has 0 bridgehead atoms. The van der Waals surface area contributed by atoms with Gasteiger partial charge in [-0.3, -0.25) is 10.1 Å². The van der Waals surface area contributed by atoms with Crippen LogP contribution in [0.2, 0.25) is 0 Å². The topological polar surface area (TPSA) is 139 Å². The number of aromatic amines is 1. The van der Waals surface area contributed by atoms with Crippen molar-refractivity contribution in [1.29, 1.82) is 0 Å². The smallest absolute Gasteiger partial charge is 0.411 e. The molecule has 5 aromatic rings. The second kappa shape index (κ2) is 18.4. The Balaban J connectivity index is 0.758. The van der Waals surface area contributed by atoms with Crippen LogP contribution in [-0.2, 0) is 11.2 Å². The summed E-state index contributed by atoms with van der Waals surface area (Å²) in [5.41, 5.74) is 5.90. The number of phenols is 1. The minimum absolute atomic E-state index is 0.0138. The number of aliphatic hydroxyl groups is 1.